The zero-order valence-corrected chi connectivity index (χ0v) is 17.5. The van der Waals surface area contributed by atoms with Gasteiger partial charge < -0.3 is 14.8 Å². The minimum atomic E-state index is -1.15. The Morgan fingerprint density at radius 1 is 1.29 bits per heavy atom. The van der Waals surface area contributed by atoms with Crippen molar-refractivity contribution in [2.75, 3.05) is 6.54 Å². The van der Waals surface area contributed by atoms with Crippen LogP contribution in [0.5, 0.6) is 5.75 Å². The summed E-state index contributed by atoms with van der Waals surface area (Å²) in [4.78, 5) is 27.3. The number of hydrogen-bond acceptors (Lipinski definition) is 5. The molecule has 2 heterocycles. The number of rotatable bonds is 3. The van der Waals surface area contributed by atoms with E-state index in [0.717, 1.165) is 21.9 Å². The predicted molar refractivity (Wildman–Crippen MR) is 107 cm³/mol. The van der Waals surface area contributed by atoms with E-state index in [4.69, 9.17) is 4.65 Å². The van der Waals surface area contributed by atoms with E-state index < -0.39 is 19.1 Å². The molecule has 4 atom stereocenters. The van der Waals surface area contributed by atoms with Crippen LogP contribution >= 0.6 is 15.9 Å². The molecule has 0 unspecified atom stereocenters. The zero-order valence-electron chi connectivity index (χ0n) is 15.9. The first kappa shape index (κ1) is 19.7. The Bertz CT molecular complexity index is 872. The summed E-state index contributed by atoms with van der Waals surface area (Å²) in [5.41, 5.74) is 2.22. The van der Waals surface area contributed by atoms with Crippen molar-refractivity contribution in [2.45, 2.75) is 39.2 Å². The molecular weight excluding hydrogens is 425 g/mol. The monoisotopic (exact) mass is 447 g/mol. The number of halogens is 1. The predicted octanol–water partition coefficient (Wildman–Crippen LogP) is 2.98. The quantitative estimate of drug-likeness (QED) is 0.549. The Balaban J connectivity index is 1.72. The van der Waals surface area contributed by atoms with Gasteiger partial charge in [-0.25, -0.2) is 0 Å². The number of carbonyl (C=O) groups excluding carboxylic acids is 2. The van der Waals surface area contributed by atoms with Crippen LogP contribution in [-0.2, 0) is 14.2 Å². The SMILES string of the molecule is CCCN1C(=O)[C@H]2[C@H](CC(C)=C3B(O)O[C@H](c4cc(Br)ccc4O)C[C@H]32)C1=O. The second-order valence-electron chi connectivity index (χ2n) is 7.92. The second kappa shape index (κ2) is 7.32. The molecule has 2 saturated heterocycles. The number of nitrogens with zero attached hydrogens (tertiary/aromatic N) is 1. The fourth-order valence-corrected chi connectivity index (χ4v) is 5.43. The van der Waals surface area contributed by atoms with Crippen molar-refractivity contribution in [3.8, 4) is 5.75 Å². The number of imide groups is 1. The summed E-state index contributed by atoms with van der Waals surface area (Å²) in [5.74, 6) is -1.26. The van der Waals surface area contributed by atoms with E-state index in [0.29, 0.717) is 24.9 Å². The number of aromatic hydroxyl groups is 1. The first-order chi connectivity index (χ1) is 13.3. The summed E-state index contributed by atoms with van der Waals surface area (Å²) in [6.45, 7) is 4.28. The van der Waals surface area contributed by atoms with Gasteiger partial charge >= 0.3 is 7.12 Å². The fourth-order valence-electron chi connectivity index (χ4n) is 5.05. The highest BCUT2D eigenvalue weighted by Gasteiger charge is 2.57. The first-order valence-electron chi connectivity index (χ1n) is 9.70. The van der Waals surface area contributed by atoms with Gasteiger partial charge in [-0.15, -0.1) is 0 Å². The molecule has 0 aromatic heterocycles. The van der Waals surface area contributed by atoms with Crippen molar-refractivity contribution in [3.63, 3.8) is 0 Å². The third-order valence-electron chi connectivity index (χ3n) is 6.23. The average Bonchev–Trinajstić information content (AvgIpc) is 2.88. The fraction of sp³-hybridized carbons (Fsp3) is 0.500. The van der Waals surface area contributed by atoms with Crippen LogP contribution in [-0.4, -0.2) is 40.5 Å². The average molecular weight is 448 g/mol. The summed E-state index contributed by atoms with van der Waals surface area (Å²) in [7, 11) is -1.15. The van der Waals surface area contributed by atoms with E-state index in [-0.39, 0.29) is 29.4 Å². The van der Waals surface area contributed by atoms with Crippen LogP contribution in [0.1, 0.15) is 44.8 Å². The molecule has 1 aliphatic carbocycles. The molecule has 2 amide bonds. The third-order valence-corrected chi connectivity index (χ3v) is 6.72. The molecule has 1 aromatic carbocycles. The van der Waals surface area contributed by atoms with E-state index in [9.17, 15) is 19.7 Å². The van der Waals surface area contributed by atoms with E-state index in [1.165, 1.54) is 4.90 Å². The second-order valence-corrected chi connectivity index (χ2v) is 8.84. The Morgan fingerprint density at radius 3 is 2.75 bits per heavy atom. The van der Waals surface area contributed by atoms with Gasteiger partial charge in [0.05, 0.1) is 17.9 Å². The molecule has 2 aliphatic heterocycles. The molecule has 8 heteroatoms. The molecule has 4 rings (SSSR count). The summed E-state index contributed by atoms with van der Waals surface area (Å²) in [5, 5.41) is 21.0. The van der Waals surface area contributed by atoms with Gasteiger partial charge in [-0.2, -0.15) is 0 Å². The third kappa shape index (κ3) is 3.02. The number of allylic oxidation sites excluding steroid dienone is 2. The lowest BCUT2D eigenvalue weighted by Gasteiger charge is -2.41. The lowest BCUT2D eigenvalue weighted by Crippen LogP contribution is -2.44. The lowest BCUT2D eigenvalue weighted by atomic mass is 9.55. The first-order valence-corrected chi connectivity index (χ1v) is 10.5. The highest BCUT2D eigenvalue weighted by Crippen LogP contribution is 2.52. The van der Waals surface area contributed by atoms with Crippen LogP contribution in [0.4, 0.5) is 0 Å². The summed E-state index contributed by atoms with van der Waals surface area (Å²) >= 11 is 3.40. The minimum Gasteiger partial charge on any atom is -0.508 e. The van der Waals surface area contributed by atoms with Crippen LogP contribution in [0, 0.1) is 17.8 Å². The van der Waals surface area contributed by atoms with Gasteiger partial charge in [0.25, 0.3) is 0 Å². The molecule has 2 fully saturated rings. The summed E-state index contributed by atoms with van der Waals surface area (Å²) in [6, 6.07) is 5.06. The maximum absolute atomic E-state index is 13.1. The van der Waals surface area contributed by atoms with Gasteiger partial charge in [0, 0.05) is 16.6 Å². The number of benzene rings is 1. The topological polar surface area (TPSA) is 87.1 Å². The molecule has 2 N–H and O–H groups in total. The minimum absolute atomic E-state index is 0.0818. The lowest BCUT2D eigenvalue weighted by molar-refractivity contribution is -0.140. The van der Waals surface area contributed by atoms with Crippen LogP contribution in [0.2, 0.25) is 0 Å². The number of hydrogen-bond donors (Lipinski definition) is 2. The molecule has 28 heavy (non-hydrogen) atoms. The summed E-state index contributed by atoms with van der Waals surface area (Å²) < 4.78 is 6.63. The Hall–Kier alpha value is -1.64. The number of carbonyl (C=O) groups is 2. The maximum Gasteiger partial charge on any atom is 0.487 e. The van der Waals surface area contributed by atoms with Crippen LogP contribution in [0.15, 0.2) is 33.7 Å². The molecule has 3 aliphatic rings. The van der Waals surface area contributed by atoms with Gasteiger partial charge in [0.2, 0.25) is 11.8 Å². The van der Waals surface area contributed by atoms with Crippen molar-refractivity contribution >= 4 is 34.9 Å². The zero-order chi connectivity index (χ0) is 20.2. The molecule has 0 spiro atoms. The molecule has 0 bridgehead atoms. The van der Waals surface area contributed by atoms with Crippen molar-refractivity contribution in [1.29, 1.82) is 0 Å². The Morgan fingerprint density at radius 2 is 2.04 bits per heavy atom. The Labute approximate surface area is 172 Å². The van der Waals surface area contributed by atoms with Gasteiger partial charge in [0.1, 0.15) is 5.75 Å². The largest absolute Gasteiger partial charge is 0.508 e. The van der Waals surface area contributed by atoms with E-state index in [2.05, 4.69) is 15.9 Å². The number of phenolic OH excluding ortho intramolecular Hbond substituents is 1. The number of fused-ring (bicyclic) bond motifs is 3. The van der Waals surface area contributed by atoms with Gasteiger partial charge in [0.15, 0.2) is 0 Å². The normalized spacial score (nSPS) is 30.0. The van der Waals surface area contributed by atoms with Crippen molar-refractivity contribution in [3.05, 3.63) is 39.3 Å². The van der Waals surface area contributed by atoms with E-state index in [1.54, 1.807) is 18.2 Å². The molecule has 0 radical (unpaired) electrons. The van der Waals surface area contributed by atoms with Crippen LogP contribution < -0.4 is 0 Å². The van der Waals surface area contributed by atoms with Crippen LogP contribution in [0.3, 0.4) is 0 Å². The van der Waals surface area contributed by atoms with Gasteiger partial charge in [-0.1, -0.05) is 28.4 Å². The molecular formula is C20H23BBrNO5. The number of phenols is 1. The Kier molecular flexibility index (Phi) is 5.14. The summed E-state index contributed by atoms with van der Waals surface area (Å²) in [6.07, 6.45) is 1.08. The molecule has 148 valence electrons. The van der Waals surface area contributed by atoms with E-state index in [1.807, 2.05) is 13.8 Å². The standard InChI is InChI=1S/C20H23BBrNO5/c1-3-6-23-19(25)14-7-10(2)18-13(17(14)20(23)26)9-16(28-21(18)27)12-8-11(22)4-5-15(12)24/h4-5,8,13-14,16-17,24,27H,3,6-7,9H2,1-2H3/t13-,14-,16-,17+/m0/s1. The van der Waals surface area contributed by atoms with Crippen LogP contribution in [0.25, 0.3) is 0 Å². The number of likely N-dealkylation sites (tertiary alicyclic amines) is 1. The molecule has 6 nitrogen and oxygen atoms in total. The molecule has 1 aromatic rings. The maximum atomic E-state index is 13.1. The van der Waals surface area contributed by atoms with Crippen molar-refractivity contribution < 1.29 is 24.4 Å². The van der Waals surface area contributed by atoms with Gasteiger partial charge in [-0.3, -0.25) is 14.5 Å². The smallest absolute Gasteiger partial charge is 0.487 e. The van der Waals surface area contributed by atoms with E-state index >= 15 is 0 Å². The van der Waals surface area contributed by atoms with Crippen molar-refractivity contribution in [1.82, 2.24) is 4.90 Å². The highest BCUT2D eigenvalue weighted by atomic mass is 79.9. The van der Waals surface area contributed by atoms with Gasteiger partial charge in [-0.05, 0) is 55.8 Å². The number of amides is 2. The van der Waals surface area contributed by atoms with Crippen molar-refractivity contribution in [2.24, 2.45) is 17.8 Å². The highest BCUT2D eigenvalue weighted by molar-refractivity contribution is 9.10. The molecule has 0 saturated carbocycles.